The van der Waals surface area contributed by atoms with E-state index in [1.54, 1.807) is 0 Å². The number of aliphatic hydroxyl groups is 1. The van der Waals surface area contributed by atoms with E-state index in [4.69, 9.17) is 9.47 Å². The highest BCUT2D eigenvalue weighted by molar-refractivity contribution is 4.91. The Labute approximate surface area is 110 Å². The molecule has 0 aromatic carbocycles. The molecule has 0 bridgehead atoms. The zero-order chi connectivity index (χ0) is 12.8. The van der Waals surface area contributed by atoms with E-state index in [0.29, 0.717) is 6.04 Å². The summed E-state index contributed by atoms with van der Waals surface area (Å²) in [5, 5.41) is 13.1. The number of hydrogen-bond acceptors (Lipinski definition) is 4. The van der Waals surface area contributed by atoms with Crippen LogP contribution in [-0.4, -0.2) is 49.2 Å². The molecule has 2 unspecified atom stereocenters. The molecule has 0 aromatic heterocycles. The van der Waals surface area contributed by atoms with E-state index >= 15 is 0 Å². The van der Waals surface area contributed by atoms with Gasteiger partial charge in [-0.05, 0) is 45.1 Å². The zero-order valence-corrected chi connectivity index (χ0v) is 11.5. The molecule has 0 aromatic rings. The largest absolute Gasteiger partial charge is 0.393 e. The summed E-state index contributed by atoms with van der Waals surface area (Å²) in [6.45, 7) is 5.46. The van der Waals surface area contributed by atoms with Crippen LogP contribution < -0.4 is 5.32 Å². The molecule has 2 N–H and O–H groups in total. The van der Waals surface area contributed by atoms with Crippen molar-refractivity contribution in [3.63, 3.8) is 0 Å². The summed E-state index contributed by atoms with van der Waals surface area (Å²) in [5.74, 6) is 0. The summed E-state index contributed by atoms with van der Waals surface area (Å²) < 4.78 is 11.4. The Kier molecular flexibility index (Phi) is 5.42. The molecule has 4 heteroatoms. The van der Waals surface area contributed by atoms with E-state index < -0.39 is 0 Å². The van der Waals surface area contributed by atoms with Gasteiger partial charge in [0, 0.05) is 25.9 Å². The van der Waals surface area contributed by atoms with Gasteiger partial charge in [-0.3, -0.25) is 0 Å². The first-order valence-electron chi connectivity index (χ1n) is 7.37. The van der Waals surface area contributed by atoms with Gasteiger partial charge in [0.05, 0.1) is 11.7 Å². The van der Waals surface area contributed by atoms with Gasteiger partial charge < -0.3 is 19.9 Å². The highest BCUT2D eigenvalue weighted by Gasteiger charge is 2.38. The van der Waals surface area contributed by atoms with Crippen molar-refractivity contribution in [1.82, 2.24) is 5.32 Å². The summed E-state index contributed by atoms with van der Waals surface area (Å²) in [6, 6.07) is 0.543. The first-order valence-corrected chi connectivity index (χ1v) is 7.37. The molecule has 0 radical (unpaired) electrons. The predicted molar refractivity (Wildman–Crippen MR) is 70.7 cm³/mol. The van der Waals surface area contributed by atoms with Crippen molar-refractivity contribution in [3.05, 3.63) is 0 Å². The Balaban J connectivity index is 1.72. The fourth-order valence-electron chi connectivity index (χ4n) is 2.95. The maximum atomic E-state index is 9.55. The van der Waals surface area contributed by atoms with Crippen molar-refractivity contribution >= 4 is 0 Å². The number of hydrogen-bond donors (Lipinski definition) is 2. The van der Waals surface area contributed by atoms with Crippen molar-refractivity contribution in [1.29, 1.82) is 0 Å². The third kappa shape index (κ3) is 3.92. The summed E-state index contributed by atoms with van der Waals surface area (Å²) in [6.07, 6.45) is 5.78. The molecule has 2 rings (SSSR count). The minimum Gasteiger partial charge on any atom is -0.393 e. The monoisotopic (exact) mass is 257 g/mol. The van der Waals surface area contributed by atoms with E-state index in [2.05, 4.69) is 5.32 Å². The molecule has 2 aliphatic heterocycles. The average Bonchev–Trinajstić information content (AvgIpc) is 2.39. The first kappa shape index (κ1) is 14.3. The second kappa shape index (κ2) is 6.85. The van der Waals surface area contributed by atoms with Gasteiger partial charge in [-0.1, -0.05) is 6.92 Å². The summed E-state index contributed by atoms with van der Waals surface area (Å²) >= 11 is 0. The molecule has 18 heavy (non-hydrogen) atoms. The topological polar surface area (TPSA) is 50.7 Å². The van der Waals surface area contributed by atoms with Crippen LogP contribution in [0.1, 0.15) is 45.4 Å². The van der Waals surface area contributed by atoms with Gasteiger partial charge in [0.2, 0.25) is 0 Å². The Bertz CT molecular complexity index is 236. The Hall–Kier alpha value is -0.160. The van der Waals surface area contributed by atoms with E-state index in [-0.39, 0.29) is 11.7 Å². The van der Waals surface area contributed by atoms with Gasteiger partial charge in [0.25, 0.3) is 0 Å². The third-order valence-electron chi connectivity index (χ3n) is 4.28. The van der Waals surface area contributed by atoms with E-state index in [9.17, 15) is 5.11 Å². The van der Waals surface area contributed by atoms with Gasteiger partial charge in [-0.2, -0.15) is 0 Å². The number of ether oxygens (including phenoxy) is 2. The highest BCUT2D eigenvalue weighted by atomic mass is 16.5. The summed E-state index contributed by atoms with van der Waals surface area (Å²) in [7, 11) is 0. The lowest BCUT2D eigenvalue weighted by Gasteiger charge is -2.43. The normalized spacial score (nSPS) is 29.3. The van der Waals surface area contributed by atoms with Crippen LogP contribution in [0.5, 0.6) is 0 Å². The molecule has 2 heterocycles. The van der Waals surface area contributed by atoms with Crippen molar-refractivity contribution in [3.8, 4) is 0 Å². The quantitative estimate of drug-likeness (QED) is 0.783. The molecule has 4 nitrogen and oxygen atoms in total. The number of rotatable bonds is 5. The molecule has 2 atom stereocenters. The average molecular weight is 257 g/mol. The minimum absolute atomic E-state index is 0.0670. The van der Waals surface area contributed by atoms with Crippen LogP contribution in [0.2, 0.25) is 0 Å². The lowest BCUT2D eigenvalue weighted by atomic mass is 9.84. The second-order valence-electron chi connectivity index (χ2n) is 5.64. The SMILES string of the molecule is CCC(O)CCNC1CCOC2(CCOCC2)C1. The van der Waals surface area contributed by atoms with Crippen LogP contribution in [0.4, 0.5) is 0 Å². The highest BCUT2D eigenvalue weighted by Crippen LogP contribution is 2.34. The number of aliphatic hydroxyl groups excluding tert-OH is 1. The molecule has 106 valence electrons. The van der Waals surface area contributed by atoms with Crippen molar-refractivity contribution < 1.29 is 14.6 Å². The molecule has 2 saturated heterocycles. The van der Waals surface area contributed by atoms with Gasteiger partial charge in [0.1, 0.15) is 0 Å². The van der Waals surface area contributed by atoms with Gasteiger partial charge in [-0.15, -0.1) is 0 Å². The van der Waals surface area contributed by atoms with Crippen molar-refractivity contribution in [2.24, 2.45) is 0 Å². The van der Waals surface area contributed by atoms with Crippen LogP contribution >= 0.6 is 0 Å². The molecular formula is C14H27NO3. The predicted octanol–water partition coefficient (Wildman–Crippen LogP) is 1.47. The van der Waals surface area contributed by atoms with Crippen molar-refractivity contribution in [2.45, 2.75) is 63.2 Å². The lowest BCUT2D eigenvalue weighted by Crippen LogP contribution is -2.50. The maximum absolute atomic E-state index is 9.55. The molecule has 1 spiro atoms. The lowest BCUT2D eigenvalue weighted by molar-refractivity contribution is -0.140. The van der Waals surface area contributed by atoms with E-state index in [1.807, 2.05) is 6.92 Å². The van der Waals surface area contributed by atoms with Crippen molar-refractivity contribution in [2.75, 3.05) is 26.4 Å². The fraction of sp³-hybridized carbons (Fsp3) is 1.00. The fourth-order valence-corrected chi connectivity index (χ4v) is 2.95. The van der Waals surface area contributed by atoms with Crippen LogP contribution in [0, 0.1) is 0 Å². The molecule has 2 fully saturated rings. The Morgan fingerprint density at radius 2 is 2.11 bits per heavy atom. The standard InChI is InChI=1S/C14H27NO3/c1-2-13(16)3-7-15-12-4-8-18-14(11-12)5-9-17-10-6-14/h12-13,15-16H,2-11H2,1H3. The van der Waals surface area contributed by atoms with Gasteiger partial charge >= 0.3 is 0 Å². The summed E-state index contributed by atoms with van der Waals surface area (Å²) in [5.41, 5.74) is 0.0670. The molecule has 2 aliphatic rings. The van der Waals surface area contributed by atoms with Crippen LogP contribution in [-0.2, 0) is 9.47 Å². The van der Waals surface area contributed by atoms with Crippen LogP contribution in [0.15, 0.2) is 0 Å². The molecule has 0 aliphatic carbocycles. The maximum Gasteiger partial charge on any atom is 0.0741 e. The third-order valence-corrected chi connectivity index (χ3v) is 4.28. The van der Waals surface area contributed by atoms with Gasteiger partial charge in [0.15, 0.2) is 0 Å². The first-order chi connectivity index (χ1) is 8.74. The Morgan fingerprint density at radius 1 is 1.33 bits per heavy atom. The smallest absolute Gasteiger partial charge is 0.0741 e. The molecule has 0 amide bonds. The van der Waals surface area contributed by atoms with E-state index in [1.165, 1.54) is 0 Å². The van der Waals surface area contributed by atoms with Crippen LogP contribution in [0.25, 0.3) is 0 Å². The Morgan fingerprint density at radius 3 is 2.83 bits per heavy atom. The zero-order valence-electron chi connectivity index (χ0n) is 11.5. The minimum atomic E-state index is -0.158. The molecular weight excluding hydrogens is 230 g/mol. The van der Waals surface area contributed by atoms with E-state index in [0.717, 1.165) is 64.9 Å². The second-order valence-corrected chi connectivity index (χ2v) is 5.64. The summed E-state index contributed by atoms with van der Waals surface area (Å²) in [4.78, 5) is 0. The molecule has 0 saturated carbocycles. The number of nitrogens with one attached hydrogen (secondary N) is 1. The van der Waals surface area contributed by atoms with Gasteiger partial charge in [-0.25, -0.2) is 0 Å². The van der Waals surface area contributed by atoms with Crippen LogP contribution in [0.3, 0.4) is 0 Å².